The Morgan fingerprint density at radius 1 is 1.27 bits per heavy atom. The van der Waals surface area contributed by atoms with E-state index in [2.05, 4.69) is 15.0 Å². The second-order valence-electron chi connectivity index (χ2n) is 2.91. The molecule has 15 heavy (non-hydrogen) atoms. The van der Waals surface area contributed by atoms with E-state index in [9.17, 15) is 0 Å². The largest absolute Gasteiger partial charge is 0.368 e. The van der Waals surface area contributed by atoms with Crippen molar-refractivity contribution < 1.29 is 0 Å². The Hall–Kier alpha value is -1.14. The average Bonchev–Trinajstić information content (AvgIpc) is 2.64. The maximum Gasteiger partial charge on any atom is 0.224 e. The molecule has 0 aliphatic carbocycles. The van der Waals surface area contributed by atoms with Crippen LogP contribution in [0.3, 0.4) is 0 Å². The highest BCUT2D eigenvalue weighted by Gasteiger charge is 2.07. The van der Waals surface area contributed by atoms with Gasteiger partial charge in [0.1, 0.15) is 0 Å². The number of rotatable bonds is 2. The van der Waals surface area contributed by atoms with Crippen LogP contribution < -0.4 is 5.73 Å². The molecule has 0 spiro atoms. The van der Waals surface area contributed by atoms with E-state index in [-0.39, 0.29) is 5.95 Å². The second kappa shape index (κ2) is 4.16. The van der Waals surface area contributed by atoms with Gasteiger partial charge in [0.25, 0.3) is 0 Å². The molecule has 78 valence electrons. The molecule has 4 nitrogen and oxygen atoms in total. The van der Waals surface area contributed by atoms with Gasteiger partial charge in [-0.3, -0.25) is 0 Å². The van der Waals surface area contributed by atoms with Crippen molar-refractivity contribution in [2.75, 3.05) is 12.0 Å². The topological polar surface area (TPSA) is 64.7 Å². The minimum absolute atomic E-state index is 0.274. The van der Waals surface area contributed by atoms with Gasteiger partial charge in [0.15, 0.2) is 11.0 Å². The van der Waals surface area contributed by atoms with Gasteiger partial charge in [-0.1, -0.05) is 11.8 Å². The Bertz CT molecular complexity index is 481. The minimum atomic E-state index is 0.274. The van der Waals surface area contributed by atoms with Crippen LogP contribution >= 0.6 is 23.1 Å². The Morgan fingerprint density at radius 3 is 2.67 bits per heavy atom. The van der Waals surface area contributed by atoms with Crippen LogP contribution in [-0.4, -0.2) is 21.2 Å². The monoisotopic (exact) mass is 238 g/mol. The van der Waals surface area contributed by atoms with Crippen molar-refractivity contribution in [3.8, 4) is 10.7 Å². The quantitative estimate of drug-likeness (QED) is 0.813. The summed E-state index contributed by atoms with van der Waals surface area (Å²) in [5, 5.41) is 0.656. The van der Waals surface area contributed by atoms with Crippen molar-refractivity contribution >= 4 is 29.0 Å². The molecule has 0 aliphatic heterocycles. The fourth-order valence-electron chi connectivity index (χ4n) is 1.13. The van der Waals surface area contributed by atoms with Crippen LogP contribution in [0.15, 0.2) is 17.3 Å². The van der Waals surface area contributed by atoms with E-state index in [1.165, 1.54) is 16.6 Å². The number of hydrogen-bond acceptors (Lipinski definition) is 6. The summed E-state index contributed by atoms with van der Waals surface area (Å²) >= 11 is 3.11. The SMILES string of the molecule is CSc1nc(N)nc(-c2ccc(C)s2)n1. The molecule has 0 aromatic carbocycles. The third kappa shape index (κ3) is 2.27. The lowest BCUT2D eigenvalue weighted by atomic mass is 10.4. The number of nitrogens with two attached hydrogens (primary N) is 1. The van der Waals surface area contributed by atoms with Crippen molar-refractivity contribution in [3.63, 3.8) is 0 Å². The van der Waals surface area contributed by atoms with E-state index >= 15 is 0 Å². The molecule has 6 heteroatoms. The van der Waals surface area contributed by atoms with Gasteiger partial charge in [-0.25, -0.2) is 4.98 Å². The van der Waals surface area contributed by atoms with E-state index in [1.54, 1.807) is 11.3 Å². The predicted molar refractivity (Wildman–Crippen MR) is 64.1 cm³/mol. The standard InChI is InChI=1S/C9H10N4S2/c1-5-3-4-6(15-5)7-11-8(10)13-9(12-7)14-2/h3-4H,1-2H3,(H2,10,11,12,13). The summed E-state index contributed by atoms with van der Waals surface area (Å²) in [5.41, 5.74) is 5.61. The van der Waals surface area contributed by atoms with Crippen molar-refractivity contribution in [1.29, 1.82) is 0 Å². The first-order valence-corrected chi connectivity index (χ1v) is 6.35. The maximum absolute atomic E-state index is 5.61. The molecule has 0 fully saturated rings. The van der Waals surface area contributed by atoms with Crippen LogP contribution in [0.1, 0.15) is 4.88 Å². The highest BCUT2D eigenvalue weighted by molar-refractivity contribution is 7.98. The van der Waals surface area contributed by atoms with Gasteiger partial charge in [0.05, 0.1) is 4.88 Å². The maximum atomic E-state index is 5.61. The Labute approximate surface area is 96.0 Å². The number of aromatic nitrogens is 3. The first-order chi connectivity index (χ1) is 7.19. The number of thioether (sulfide) groups is 1. The van der Waals surface area contributed by atoms with Gasteiger partial charge >= 0.3 is 0 Å². The van der Waals surface area contributed by atoms with Crippen LogP contribution in [0.25, 0.3) is 10.7 Å². The van der Waals surface area contributed by atoms with Gasteiger partial charge in [0.2, 0.25) is 5.95 Å². The molecule has 2 N–H and O–H groups in total. The number of nitrogen functional groups attached to an aromatic ring is 1. The molecule has 0 saturated carbocycles. The van der Waals surface area contributed by atoms with Crippen LogP contribution in [0.2, 0.25) is 0 Å². The molecule has 0 unspecified atom stereocenters. The first-order valence-electron chi connectivity index (χ1n) is 4.31. The first kappa shape index (κ1) is 10.4. The smallest absolute Gasteiger partial charge is 0.224 e. The lowest BCUT2D eigenvalue weighted by Crippen LogP contribution is -2.00. The minimum Gasteiger partial charge on any atom is -0.368 e. The third-order valence-corrected chi connectivity index (χ3v) is 3.32. The molecule has 0 saturated heterocycles. The Kier molecular flexibility index (Phi) is 2.88. The van der Waals surface area contributed by atoms with E-state index < -0.39 is 0 Å². The zero-order chi connectivity index (χ0) is 10.8. The van der Waals surface area contributed by atoms with Crippen molar-refractivity contribution in [2.45, 2.75) is 12.1 Å². The van der Waals surface area contributed by atoms with Crippen molar-refractivity contribution in [1.82, 2.24) is 15.0 Å². The molecule has 2 aromatic rings. The van der Waals surface area contributed by atoms with E-state index in [1.807, 2.05) is 25.3 Å². The third-order valence-electron chi connectivity index (χ3n) is 1.78. The van der Waals surface area contributed by atoms with Gasteiger partial charge in [0, 0.05) is 4.88 Å². The Morgan fingerprint density at radius 2 is 2.07 bits per heavy atom. The van der Waals surface area contributed by atoms with Gasteiger partial charge in [-0.15, -0.1) is 11.3 Å². The van der Waals surface area contributed by atoms with Crippen molar-refractivity contribution in [3.05, 3.63) is 17.0 Å². The second-order valence-corrected chi connectivity index (χ2v) is 4.98. The lowest BCUT2D eigenvalue weighted by molar-refractivity contribution is 0.930. The number of nitrogens with zero attached hydrogens (tertiary/aromatic N) is 3. The lowest BCUT2D eigenvalue weighted by Gasteiger charge is -2.00. The van der Waals surface area contributed by atoms with Crippen LogP contribution in [0.4, 0.5) is 5.95 Å². The number of anilines is 1. The molecule has 0 bridgehead atoms. The molecule has 2 aromatic heterocycles. The summed E-state index contributed by atoms with van der Waals surface area (Å²) in [6.07, 6.45) is 1.91. The molecule has 0 aliphatic rings. The summed E-state index contributed by atoms with van der Waals surface area (Å²) < 4.78 is 0. The molecule has 0 amide bonds. The molecule has 0 atom stereocenters. The molecule has 0 radical (unpaired) electrons. The summed E-state index contributed by atoms with van der Waals surface area (Å²) in [7, 11) is 0. The van der Waals surface area contributed by atoms with E-state index in [0.29, 0.717) is 11.0 Å². The normalized spacial score (nSPS) is 10.5. The highest BCUT2D eigenvalue weighted by Crippen LogP contribution is 2.25. The van der Waals surface area contributed by atoms with Gasteiger partial charge < -0.3 is 5.73 Å². The van der Waals surface area contributed by atoms with Crippen LogP contribution in [0.5, 0.6) is 0 Å². The fourth-order valence-corrected chi connectivity index (χ4v) is 2.29. The summed E-state index contributed by atoms with van der Waals surface area (Å²) in [5.74, 6) is 0.931. The van der Waals surface area contributed by atoms with Crippen molar-refractivity contribution in [2.24, 2.45) is 0 Å². The average molecular weight is 238 g/mol. The molecule has 2 rings (SSSR count). The zero-order valence-corrected chi connectivity index (χ0v) is 10.0. The fraction of sp³-hybridized carbons (Fsp3) is 0.222. The molecule has 2 heterocycles. The Balaban J connectivity index is 2.48. The van der Waals surface area contributed by atoms with E-state index in [4.69, 9.17) is 5.73 Å². The summed E-state index contributed by atoms with van der Waals surface area (Å²) in [6, 6.07) is 4.04. The molecular formula is C9H10N4S2. The van der Waals surface area contributed by atoms with Gasteiger partial charge in [-0.2, -0.15) is 9.97 Å². The predicted octanol–water partition coefficient (Wildman–Crippen LogP) is 2.21. The van der Waals surface area contributed by atoms with Gasteiger partial charge in [-0.05, 0) is 25.3 Å². The number of aryl methyl sites for hydroxylation is 1. The highest BCUT2D eigenvalue weighted by atomic mass is 32.2. The van der Waals surface area contributed by atoms with Crippen LogP contribution in [-0.2, 0) is 0 Å². The zero-order valence-electron chi connectivity index (χ0n) is 8.39. The van der Waals surface area contributed by atoms with Crippen LogP contribution in [0, 0.1) is 6.92 Å². The molecular weight excluding hydrogens is 228 g/mol. The van der Waals surface area contributed by atoms with E-state index in [0.717, 1.165) is 4.88 Å². The summed E-state index contributed by atoms with van der Waals surface area (Å²) in [6.45, 7) is 2.05. The number of hydrogen-bond donors (Lipinski definition) is 1. The summed E-state index contributed by atoms with van der Waals surface area (Å²) in [4.78, 5) is 14.7. The number of thiophene rings is 1.